The molecule has 1 saturated heterocycles. The van der Waals surface area contributed by atoms with Crippen molar-refractivity contribution in [3.05, 3.63) is 0 Å². The highest BCUT2D eigenvalue weighted by molar-refractivity contribution is 4.83. The molecule has 1 fully saturated rings. The maximum absolute atomic E-state index is 9.51. The lowest BCUT2D eigenvalue weighted by molar-refractivity contribution is -0.262. The third-order valence-electron chi connectivity index (χ3n) is 2.00. The van der Waals surface area contributed by atoms with Crippen LogP contribution in [0.5, 0.6) is 0 Å². The predicted molar refractivity (Wildman–Crippen MR) is 39.6 cm³/mol. The van der Waals surface area contributed by atoms with Crippen molar-refractivity contribution in [2.45, 2.75) is 24.6 Å². The molecule has 0 aliphatic carbocycles. The van der Waals surface area contributed by atoms with Crippen LogP contribution >= 0.6 is 0 Å². The van der Waals surface area contributed by atoms with Gasteiger partial charge in [-0.15, -0.1) is 0 Å². The fourth-order valence-corrected chi connectivity index (χ4v) is 1.23. The lowest BCUT2D eigenvalue weighted by Gasteiger charge is -2.36. The summed E-state index contributed by atoms with van der Waals surface area (Å²) in [6.07, 6.45) is -3.08. The van der Waals surface area contributed by atoms with E-state index in [9.17, 15) is 10.2 Å². The van der Waals surface area contributed by atoms with Crippen molar-refractivity contribution < 1.29 is 24.4 Å². The van der Waals surface area contributed by atoms with Gasteiger partial charge < -0.3 is 24.4 Å². The van der Waals surface area contributed by atoms with Crippen LogP contribution in [0.25, 0.3) is 0 Å². The normalized spacial score (nSPS) is 43.0. The smallest absolute Gasteiger partial charge is 0.183 e. The summed E-state index contributed by atoms with van der Waals surface area (Å²) in [5.41, 5.74) is 0. The van der Waals surface area contributed by atoms with Gasteiger partial charge in [0.1, 0.15) is 18.3 Å². The lowest BCUT2D eigenvalue weighted by Crippen LogP contribution is -2.54. The molecule has 0 saturated carbocycles. The molecule has 0 radical (unpaired) electrons. The molecule has 2 N–H and O–H groups in total. The van der Waals surface area contributed by atoms with Crippen molar-refractivity contribution in [1.29, 1.82) is 0 Å². The number of hydrogen-bond acceptors (Lipinski definition) is 5. The van der Waals surface area contributed by atoms with Crippen LogP contribution in [0.15, 0.2) is 0 Å². The third-order valence-corrected chi connectivity index (χ3v) is 2.00. The number of ether oxygens (including phenoxy) is 3. The average Bonchev–Trinajstić information content (AvgIpc) is 2.06. The number of rotatable bonds is 2. The number of aliphatic hydroxyl groups excluding tert-OH is 2. The van der Waals surface area contributed by atoms with Crippen molar-refractivity contribution in [3.63, 3.8) is 0 Å². The maximum atomic E-state index is 9.51. The summed E-state index contributed by atoms with van der Waals surface area (Å²) < 4.78 is 14.7. The molecule has 0 aromatic rings. The Kier molecular flexibility index (Phi) is 3.42. The summed E-state index contributed by atoms with van der Waals surface area (Å²) in [4.78, 5) is 0. The quantitative estimate of drug-likeness (QED) is 0.551. The molecular weight excluding hydrogens is 164 g/mol. The van der Waals surface area contributed by atoms with Gasteiger partial charge in [0, 0.05) is 14.2 Å². The maximum Gasteiger partial charge on any atom is 0.183 e. The first kappa shape index (κ1) is 9.88. The van der Waals surface area contributed by atoms with Gasteiger partial charge in [0.2, 0.25) is 0 Å². The summed E-state index contributed by atoms with van der Waals surface area (Å²) in [6.45, 7) is 0.179. The van der Waals surface area contributed by atoms with Crippen LogP contribution < -0.4 is 0 Å². The molecule has 12 heavy (non-hydrogen) atoms. The third kappa shape index (κ3) is 1.75. The van der Waals surface area contributed by atoms with E-state index in [0.29, 0.717) is 0 Å². The second-order valence-electron chi connectivity index (χ2n) is 2.69. The molecule has 4 atom stereocenters. The van der Waals surface area contributed by atoms with Crippen LogP contribution in [-0.2, 0) is 14.2 Å². The van der Waals surface area contributed by atoms with Crippen LogP contribution in [-0.4, -0.2) is 55.6 Å². The predicted octanol–water partition coefficient (Wildman–Crippen LogP) is -1.27. The first-order valence-electron chi connectivity index (χ1n) is 3.74. The zero-order valence-electron chi connectivity index (χ0n) is 7.14. The standard InChI is InChI=1S/C7H14O5/c1-10-4-3-12-7(9)6(11-2)5(4)8/h4-9H,3H2,1-2H3/t4-,5+,6-,7?/m1/s1. The molecule has 5 nitrogen and oxygen atoms in total. The van der Waals surface area contributed by atoms with Gasteiger partial charge >= 0.3 is 0 Å². The molecule has 0 spiro atoms. The minimum Gasteiger partial charge on any atom is -0.387 e. The highest BCUT2D eigenvalue weighted by atomic mass is 16.7. The molecule has 0 bridgehead atoms. The van der Waals surface area contributed by atoms with Crippen molar-refractivity contribution in [2.75, 3.05) is 20.8 Å². The summed E-state index contributed by atoms with van der Waals surface area (Å²) >= 11 is 0. The highest BCUT2D eigenvalue weighted by Gasteiger charge is 2.38. The number of methoxy groups -OCH3 is 2. The largest absolute Gasteiger partial charge is 0.387 e. The molecule has 72 valence electrons. The molecule has 1 aliphatic rings. The monoisotopic (exact) mass is 178 g/mol. The fourth-order valence-electron chi connectivity index (χ4n) is 1.23. The minimum atomic E-state index is -1.07. The lowest BCUT2D eigenvalue weighted by atomic mass is 10.1. The first-order valence-corrected chi connectivity index (χ1v) is 3.74. The molecule has 1 unspecified atom stereocenters. The van der Waals surface area contributed by atoms with Gasteiger partial charge in [-0.3, -0.25) is 0 Å². The Balaban J connectivity index is 2.56. The zero-order chi connectivity index (χ0) is 9.14. The summed E-state index contributed by atoms with van der Waals surface area (Å²) in [7, 11) is 2.88. The fraction of sp³-hybridized carbons (Fsp3) is 1.00. The van der Waals surface area contributed by atoms with Crippen molar-refractivity contribution in [2.24, 2.45) is 0 Å². The van der Waals surface area contributed by atoms with Crippen LogP contribution in [0.3, 0.4) is 0 Å². The Morgan fingerprint density at radius 3 is 2.42 bits per heavy atom. The molecule has 0 aromatic carbocycles. The summed E-state index contributed by atoms with van der Waals surface area (Å²) in [5, 5.41) is 18.7. The van der Waals surface area contributed by atoms with E-state index in [1.165, 1.54) is 14.2 Å². The van der Waals surface area contributed by atoms with E-state index >= 15 is 0 Å². The van der Waals surface area contributed by atoms with Gasteiger partial charge in [-0.1, -0.05) is 0 Å². The van der Waals surface area contributed by atoms with Gasteiger partial charge in [-0.25, -0.2) is 0 Å². The molecular formula is C7H14O5. The topological polar surface area (TPSA) is 68.2 Å². The van der Waals surface area contributed by atoms with E-state index in [1.807, 2.05) is 0 Å². The Morgan fingerprint density at radius 2 is 1.92 bits per heavy atom. The van der Waals surface area contributed by atoms with Crippen LogP contribution in [0, 0.1) is 0 Å². The van der Waals surface area contributed by atoms with E-state index < -0.39 is 24.6 Å². The Labute approximate surface area is 70.9 Å². The Bertz CT molecular complexity index is 140. The SMILES string of the molecule is CO[C@@H]1COC(O)[C@H](OC)[C@H]1O. The number of hydrogen-bond donors (Lipinski definition) is 2. The van der Waals surface area contributed by atoms with Crippen molar-refractivity contribution in [1.82, 2.24) is 0 Å². The summed E-state index contributed by atoms with van der Waals surface area (Å²) in [5.74, 6) is 0. The van der Waals surface area contributed by atoms with Gasteiger partial charge in [0.15, 0.2) is 6.29 Å². The van der Waals surface area contributed by atoms with Gasteiger partial charge in [0.25, 0.3) is 0 Å². The molecule has 1 aliphatic heterocycles. The van der Waals surface area contributed by atoms with Crippen LogP contribution in [0.4, 0.5) is 0 Å². The molecule has 5 heteroatoms. The van der Waals surface area contributed by atoms with E-state index in [0.717, 1.165) is 0 Å². The highest BCUT2D eigenvalue weighted by Crippen LogP contribution is 2.17. The van der Waals surface area contributed by atoms with E-state index in [4.69, 9.17) is 14.2 Å². The minimum absolute atomic E-state index is 0.179. The average molecular weight is 178 g/mol. The molecule has 1 heterocycles. The van der Waals surface area contributed by atoms with E-state index in [2.05, 4.69) is 0 Å². The van der Waals surface area contributed by atoms with E-state index in [-0.39, 0.29) is 6.61 Å². The van der Waals surface area contributed by atoms with E-state index in [1.54, 1.807) is 0 Å². The second kappa shape index (κ2) is 4.15. The van der Waals surface area contributed by atoms with Gasteiger partial charge in [0.05, 0.1) is 6.61 Å². The Morgan fingerprint density at radius 1 is 1.25 bits per heavy atom. The van der Waals surface area contributed by atoms with Gasteiger partial charge in [-0.05, 0) is 0 Å². The Hall–Kier alpha value is -0.200. The molecule has 0 amide bonds. The molecule has 0 aromatic heterocycles. The first-order chi connectivity index (χ1) is 5.70. The van der Waals surface area contributed by atoms with Crippen molar-refractivity contribution in [3.8, 4) is 0 Å². The number of aliphatic hydroxyl groups is 2. The zero-order valence-corrected chi connectivity index (χ0v) is 7.14. The summed E-state index contributed by atoms with van der Waals surface area (Å²) in [6, 6.07) is 0. The van der Waals surface area contributed by atoms with Crippen molar-refractivity contribution >= 4 is 0 Å². The molecule has 1 rings (SSSR count). The van der Waals surface area contributed by atoms with Gasteiger partial charge in [-0.2, -0.15) is 0 Å². The van der Waals surface area contributed by atoms with Crippen LogP contribution in [0.2, 0.25) is 0 Å². The van der Waals surface area contributed by atoms with Crippen LogP contribution in [0.1, 0.15) is 0 Å². The second-order valence-corrected chi connectivity index (χ2v) is 2.69.